The molecule has 0 bridgehead atoms. The molecule has 0 saturated carbocycles. The van der Waals surface area contributed by atoms with Crippen molar-refractivity contribution in [2.75, 3.05) is 6.54 Å². The lowest BCUT2D eigenvalue weighted by Gasteiger charge is -1.85. The number of rotatable bonds is 3. The van der Waals surface area contributed by atoms with E-state index >= 15 is 0 Å². The van der Waals surface area contributed by atoms with Crippen LogP contribution in [0.4, 0.5) is 0 Å². The van der Waals surface area contributed by atoms with Crippen molar-refractivity contribution in [2.24, 2.45) is 0 Å². The number of allylic oxidation sites excluding steroid dienone is 1. The first-order valence-corrected chi connectivity index (χ1v) is 2.67. The van der Waals surface area contributed by atoms with E-state index in [9.17, 15) is 0 Å². The van der Waals surface area contributed by atoms with E-state index in [0.29, 0.717) is 0 Å². The zero-order valence-electron chi connectivity index (χ0n) is 4.35. The lowest BCUT2D eigenvalue weighted by molar-refractivity contribution is 1.08. The molecule has 0 amide bonds. The van der Waals surface area contributed by atoms with Crippen molar-refractivity contribution >= 4 is 17.7 Å². The highest BCUT2D eigenvalue weighted by Gasteiger charge is 1.64. The van der Waals surface area contributed by atoms with Gasteiger partial charge in [-0.05, 0) is 6.92 Å². The Morgan fingerprint density at radius 1 is 1.71 bits per heavy atom. The van der Waals surface area contributed by atoms with Gasteiger partial charge in [-0.3, -0.25) is 0 Å². The van der Waals surface area contributed by atoms with E-state index in [1.54, 1.807) is 0 Å². The maximum absolute atomic E-state index is 4.50. The second-order valence-corrected chi connectivity index (χ2v) is 1.33. The van der Waals surface area contributed by atoms with Gasteiger partial charge in [0, 0.05) is 6.54 Å². The summed E-state index contributed by atoms with van der Waals surface area (Å²) >= 11 is 4.50. The van der Waals surface area contributed by atoms with Gasteiger partial charge in [-0.25, -0.2) is 0 Å². The minimum absolute atomic E-state index is 0.847. The first kappa shape index (κ1) is 6.63. The largest absolute Gasteiger partial charge is 0.379 e. The summed E-state index contributed by atoms with van der Waals surface area (Å²) in [5.74, 6) is 0. The lowest BCUT2D eigenvalue weighted by Crippen LogP contribution is -2.07. The van der Waals surface area contributed by atoms with E-state index in [-0.39, 0.29) is 0 Å². The van der Waals surface area contributed by atoms with Crippen LogP contribution in [0.25, 0.3) is 0 Å². The van der Waals surface area contributed by atoms with Gasteiger partial charge in [0.1, 0.15) is 0 Å². The lowest BCUT2D eigenvalue weighted by atomic mass is 10.5. The second-order valence-electron chi connectivity index (χ2n) is 1.10. The molecule has 0 radical (unpaired) electrons. The van der Waals surface area contributed by atoms with Gasteiger partial charge in [-0.1, -0.05) is 24.4 Å². The zero-order valence-corrected chi connectivity index (χ0v) is 5.16. The first-order chi connectivity index (χ1) is 3.41. The van der Waals surface area contributed by atoms with Crippen molar-refractivity contribution in [1.29, 1.82) is 0 Å². The van der Waals surface area contributed by atoms with Gasteiger partial charge in [0.2, 0.25) is 0 Å². The van der Waals surface area contributed by atoms with Gasteiger partial charge in [0.05, 0.1) is 5.49 Å². The summed E-state index contributed by atoms with van der Waals surface area (Å²) in [4.78, 5) is 0. The molecule has 0 saturated heterocycles. The molecule has 0 aliphatic heterocycles. The smallest absolute Gasteiger partial charge is 0.0617 e. The molecule has 0 spiro atoms. The van der Waals surface area contributed by atoms with E-state index in [1.165, 1.54) is 5.49 Å². The summed E-state index contributed by atoms with van der Waals surface area (Å²) in [6, 6.07) is 0. The minimum atomic E-state index is 0.847. The van der Waals surface area contributed by atoms with Crippen molar-refractivity contribution in [3.8, 4) is 0 Å². The van der Waals surface area contributed by atoms with Crippen LogP contribution in [0.5, 0.6) is 0 Å². The highest BCUT2D eigenvalue weighted by molar-refractivity contribution is 7.78. The monoisotopic (exact) mass is 115 g/mol. The standard InChI is InChI=1S/C5H9NS/c1-2-3-4-6-5-7/h2-3,5H,4H2,1H3,(H,6,7)/b3-2-. The van der Waals surface area contributed by atoms with E-state index < -0.39 is 0 Å². The molecule has 0 aliphatic carbocycles. The van der Waals surface area contributed by atoms with Crippen LogP contribution in [0.15, 0.2) is 12.2 Å². The number of nitrogens with one attached hydrogen (secondary N) is 1. The molecule has 2 heteroatoms. The van der Waals surface area contributed by atoms with E-state index in [4.69, 9.17) is 0 Å². The van der Waals surface area contributed by atoms with Crippen LogP contribution in [0, 0.1) is 0 Å². The fraction of sp³-hybridized carbons (Fsp3) is 0.400. The molecule has 0 unspecified atom stereocenters. The summed E-state index contributed by atoms with van der Waals surface area (Å²) in [5.41, 5.74) is 1.51. The second kappa shape index (κ2) is 5.63. The summed E-state index contributed by atoms with van der Waals surface area (Å²) in [7, 11) is 0. The third-order valence-electron chi connectivity index (χ3n) is 0.555. The molecule has 0 heterocycles. The third-order valence-corrected chi connectivity index (χ3v) is 0.721. The molecule has 1 nitrogen and oxygen atoms in total. The molecule has 0 rings (SSSR count). The maximum atomic E-state index is 4.50. The van der Waals surface area contributed by atoms with Gasteiger partial charge < -0.3 is 5.32 Å². The molecule has 0 aliphatic rings. The number of hydrogen-bond donors (Lipinski definition) is 1. The van der Waals surface area contributed by atoms with Crippen LogP contribution in [0.1, 0.15) is 6.92 Å². The van der Waals surface area contributed by atoms with E-state index in [2.05, 4.69) is 17.5 Å². The van der Waals surface area contributed by atoms with Crippen molar-refractivity contribution in [2.45, 2.75) is 6.92 Å². The van der Waals surface area contributed by atoms with Gasteiger partial charge in [-0.2, -0.15) is 0 Å². The van der Waals surface area contributed by atoms with Gasteiger partial charge >= 0.3 is 0 Å². The van der Waals surface area contributed by atoms with Gasteiger partial charge in [-0.15, -0.1) is 0 Å². The zero-order chi connectivity index (χ0) is 5.54. The minimum Gasteiger partial charge on any atom is -0.379 e. The Kier molecular flexibility index (Phi) is 5.33. The molecule has 7 heavy (non-hydrogen) atoms. The molecule has 0 aromatic heterocycles. The Labute approximate surface area is 49.4 Å². The van der Waals surface area contributed by atoms with Crippen molar-refractivity contribution < 1.29 is 0 Å². The van der Waals surface area contributed by atoms with Crippen LogP contribution in [-0.4, -0.2) is 12.0 Å². The summed E-state index contributed by atoms with van der Waals surface area (Å²) < 4.78 is 0. The van der Waals surface area contributed by atoms with Crippen molar-refractivity contribution in [1.82, 2.24) is 5.32 Å². The topological polar surface area (TPSA) is 12.0 Å². The molecule has 0 aromatic rings. The normalized spacial score (nSPS) is 9.29. The Hall–Kier alpha value is -0.370. The van der Waals surface area contributed by atoms with Crippen LogP contribution >= 0.6 is 12.2 Å². The predicted molar refractivity (Wildman–Crippen MR) is 36.5 cm³/mol. The third kappa shape index (κ3) is 5.63. The molecule has 0 aromatic carbocycles. The number of hydrogen-bond acceptors (Lipinski definition) is 1. The van der Waals surface area contributed by atoms with E-state index in [1.807, 2.05) is 19.1 Å². The Morgan fingerprint density at radius 2 is 2.43 bits per heavy atom. The molecule has 1 N–H and O–H groups in total. The first-order valence-electron chi connectivity index (χ1n) is 2.20. The Morgan fingerprint density at radius 3 is 2.86 bits per heavy atom. The summed E-state index contributed by atoms with van der Waals surface area (Å²) in [6.45, 7) is 2.82. The van der Waals surface area contributed by atoms with Crippen LogP contribution in [0.3, 0.4) is 0 Å². The van der Waals surface area contributed by atoms with Crippen LogP contribution in [0.2, 0.25) is 0 Å². The molecular weight excluding hydrogens is 106 g/mol. The summed E-state index contributed by atoms with van der Waals surface area (Å²) in [5, 5.41) is 2.85. The SMILES string of the molecule is C/C=C\CNC=S. The molecule has 40 valence electrons. The van der Waals surface area contributed by atoms with Gasteiger partial charge in [0.25, 0.3) is 0 Å². The van der Waals surface area contributed by atoms with E-state index in [0.717, 1.165) is 6.54 Å². The Balaban J connectivity index is 2.82. The van der Waals surface area contributed by atoms with Crippen LogP contribution in [-0.2, 0) is 0 Å². The fourth-order valence-corrected chi connectivity index (χ4v) is 0.330. The van der Waals surface area contributed by atoms with Crippen molar-refractivity contribution in [3.05, 3.63) is 12.2 Å². The average Bonchev–Trinajstić information content (AvgIpc) is 1.69. The van der Waals surface area contributed by atoms with Crippen LogP contribution < -0.4 is 5.32 Å². The molecule has 0 fully saturated rings. The highest BCUT2D eigenvalue weighted by Crippen LogP contribution is 1.62. The molecule has 0 atom stereocenters. The summed E-state index contributed by atoms with van der Waals surface area (Å²) in [6.07, 6.45) is 3.98. The predicted octanol–water partition coefficient (Wildman–Crippen LogP) is 1.11. The quantitative estimate of drug-likeness (QED) is 0.336. The highest BCUT2D eigenvalue weighted by atomic mass is 32.1. The van der Waals surface area contributed by atoms with Crippen molar-refractivity contribution in [3.63, 3.8) is 0 Å². The maximum Gasteiger partial charge on any atom is 0.0617 e. The molecular formula is C5H9NS. The average molecular weight is 115 g/mol. The fourth-order valence-electron chi connectivity index (χ4n) is 0.234. The Bertz CT molecular complexity index is 68.5. The van der Waals surface area contributed by atoms with Gasteiger partial charge in [0.15, 0.2) is 0 Å². The number of thiocarbonyl (C=S) groups is 1.